The fourth-order valence-corrected chi connectivity index (χ4v) is 1.78. The third-order valence-electron chi connectivity index (χ3n) is 1.61. The lowest BCUT2D eigenvalue weighted by Crippen LogP contribution is -2.08. The summed E-state index contributed by atoms with van der Waals surface area (Å²) in [6, 6.07) is 3.58. The van der Waals surface area contributed by atoms with Gasteiger partial charge in [0.25, 0.3) is 0 Å². The number of nitrogen functional groups attached to an aromatic ring is 1. The summed E-state index contributed by atoms with van der Waals surface area (Å²) in [6.07, 6.45) is 0. The number of carbonyl (C=O) groups is 1. The van der Waals surface area contributed by atoms with Crippen LogP contribution in [0.25, 0.3) is 0 Å². The zero-order valence-electron chi connectivity index (χ0n) is 7.52. The fourth-order valence-electron chi connectivity index (χ4n) is 1.11. The molecule has 0 atom stereocenters. The third kappa shape index (κ3) is 2.45. The first kappa shape index (κ1) is 10.1. The normalized spacial score (nSPS) is 9.77. The highest BCUT2D eigenvalue weighted by molar-refractivity contribution is 9.10. The zero-order valence-corrected chi connectivity index (χ0v) is 9.10. The number of nitrogens with one attached hydrogen (secondary N) is 1. The lowest BCUT2D eigenvalue weighted by Gasteiger charge is -2.09. The van der Waals surface area contributed by atoms with Crippen molar-refractivity contribution in [2.45, 2.75) is 13.8 Å². The van der Waals surface area contributed by atoms with Gasteiger partial charge in [0.2, 0.25) is 5.91 Å². The number of hydrogen-bond acceptors (Lipinski definition) is 2. The molecular weight excluding hydrogens is 232 g/mol. The minimum absolute atomic E-state index is 0.0893. The van der Waals surface area contributed by atoms with Crippen LogP contribution in [-0.4, -0.2) is 5.91 Å². The summed E-state index contributed by atoms with van der Waals surface area (Å²) in [6.45, 7) is 3.37. The summed E-state index contributed by atoms with van der Waals surface area (Å²) in [4.78, 5) is 10.8. The van der Waals surface area contributed by atoms with E-state index < -0.39 is 0 Å². The Morgan fingerprint density at radius 3 is 2.62 bits per heavy atom. The first-order chi connectivity index (χ1) is 6.00. The maximum absolute atomic E-state index is 10.8. The highest BCUT2D eigenvalue weighted by atomic mass is 79.9. The summed E-state index contributed by atoms with van der Waals surface area (Å²) in [5, 5.41) is 2.73. The molecule has 3 N–H and O–H groups in total. The van der Waals surface area contributed by atoms with E-state index in [1.807, 2.05) is 13.0 Å². The van der Waals surface area contributed by atoms with E-state index >= 15 is 0 Å². The maximum atomic E-state index is 10.8. The molecule has 1 rings (SSSR count). The molecule has 0 bridgehead atoms. The Kier molecular flexibility index (Phi) is 2.93. The van der Waals surface area contributed by atoms with E-state index in [2.05, 4.69) is 21.2 Å². The zero-order chi connectivity index (χ0) is 10.0. The predicted molar refractivity (Wildman–Crippen MR) is 57.6 cm³/mol. The van der Waals surface area contributed by atoms with Gasteiger partial charge in [-0.3, -0.25) is 4.79 Å². The van der Waals surface area contributed by atoms with Gasteiger partial charge < -0.3 is 11.1 Å². The van der Waals surface area contributed by atoms with Crippen LogP contribution in [0.3, 0.4) is 0 Å². The summed E-state index contributed by atoms with van der Waals surface area (Å²) in [7, 11) is 0. The number of rotatable bonds is 1. The lowest BCUT2D eigenvalue weighted by atomic mass is 10.2. The van der Waals surface area contributed by atoms with Gasteiger partial charge in [-0.15, -0.1) is 0 Å². The van der Waals surface area contributed by atoms with Crippen molar-refractivity contribution in [3.63, 3.8) is 0 Å². The van der Waals surface area contributed by atoms with Crippen LogP contribution >= 0.6 is 15.9 Å². The third-order valence-corrected chi connectivity index (χ3v) is 2.24. The van der Waals surface area contributed by atoms with Crippen LogP contribution in [0.5, 0.6) is 0 Å². The second-order valence-electron chi connectivity index (χ2n) is 2.88. The average molecular weight is 243 g/mol. The molecule has 0 fully saturated rings. The number of aryl methyl sites for hydroxylation is 1. The molecule has 3 nitrogen and oxygen atoms in total. The van der Waals surface area contributed by atoms with Crippen molar-refractivity contribution in [1.82, 2.24) is 0 Å². The van der Waals surface area contributed by atoms with E-state index in [0.717, 1.165) is 15.7 Å². The van der Waals surface area contributed by atoms with Gasteiger partial charge in [-0.05, 0) is 40.5 Å². The highest BCUT2D eigenvalue weighted by Gasteiger charge is 2.05. The van der Waals surface area contributed by atoms with Gasteiger partial charge in [-0.2, -0.15) is 0 Å². The van der Waals surface area contributed by atoms with Crippen LogP contribution in [0, 0.1) is 6.92 Å². The van der Waals surface area contributed by atoms with E-state index in [1.165, 1.54) is 6.92 Å². The largest absolute Gasteiger partial charge is 0.399 e. The van der Waals surface area contributed by atoms with Crippen molar-refractivity contribution >= 4 is 33.2 Å². The molecule has 1 amide bonds. The van der Waals surface area contributed by atoms with Crippen LogP contribution in [0.1, 0.15) is 12.5 Å². The van der Waals surface area contributed by atoms with Crippen LogP contribution in [0.2, 0.25) is 0 Å². The molecule has 13 heavy (non-hydrogen) atoms. The van der Waals surface area contributed by atoms with Gasteiger partial charge in [0.1, 0.15) is 0 Å². The average Bonchev–Trinajstić information content (AvgIpc) is 1.96. The van der Waals surface area contributed by atoms with Gasteiger partial charge >= 0.3 is 0 Å². The van der Waals surface area contributed by atoms with E-state index in [1.54, 1.807) is 6.07 Å². The Morgan fingerprint density at radius 1 is 1.54 bits per heavy atom. The van der Waals surface area contributed by atoms with Crippen molar-refractivity contribution in [3.8, 4) is 0 Å². The molecule has 1 aromatic rings. The molecule has 0 radical (unpaired) electrons. The van der Waals surface area contributed by atoms with Crippen molar-refractivity contribution in [2.24, 2.45) is 0 Å². The fraction of sp³-hybridized carbons (Fsp3) is 0.222. The molecular formula is C9H11BrN2O. The van der Waals surface area contributed by atoms with Crippen molar-refractivity contribution in [3.05, 3.63) is 22.2 Å². The maximum Gasteiger partial charge on any atom is 0.221 e. The van der Waals surface area contributed by atoms with E-state index in [4.69, 9.17) is 5.73 Å². The first-order valence-corrected chi connectivity index (χ1v) is 4.63. The number of amides is 1. The molecule has 4 heteroatoms. The van der Waals surface area contributed by atoms with Gasteiger partial charge in [0.05, 0.1) is 5.69 Å². The smallest absolute Gasteiger partial charge is 0.221 e. The molecule has 0 saturated carbocycles. The quantitative estimate of drug-likeness (QED) is 0.743. The van der Waals surface area contributed by atoms with Crippen molar-refractivity contribution < 1.29 is 4.79 Å². The van der Waals surface area contributed by atoms with Crippen molar-refractivity contribution in [1.29, 1.82) is 0 Å². The van der Waals surface area contributed by atoms with Crippen molar-refractivity contribution in [2.75, 3.05) is 11.1 Å². The minimum atomic E-state index is -0.0893. The Hall–Kier alpha value is -1.03. The summed E-state index contributed by atoms with van der Waals surface area (Å²) >= 11 is 3.33. The number of hydrogen-bond donors (Lipinski definition) is 2. The Morgan fingerprint density at radius 2 is 2.15 bits per heavy atom. The number of anilines is 2. The Bertz CT molecular complexity index is 326. The monoisotopic (exact) mass is 242 g/mol. The number of benzene rings is 1. The van der Waals surface area contributed by atoms with Gasteiger partial charge in [0.15, 0.2) is 0 Å². The minimum Gasteiger partial charge on any atom is -0.399 e. The summed E-state index contributed by atoms with van der Waals surface area (Å²) in [5.74, 6) is -0.0893. The second-order valence-corrected chi connectivity index (χ2v) is 3.73. The SMILES string of the molecule is CC(=O)Nc1c(C)cc(N)cc1Br. The molecule has 0 aromatic heterocycles. The highest BCUT2D eigenvalue weighted by Crippen LogP contribution is 2.28. The number of carbonyl (C=O) groups excluding carboxylic acids is 1. The molecule has 0 heterocycles. The van der Waals surface area contributed by atoms with Crippen LogP contribution in [-0.2, 0) is 4.79 Å². The molecule has 0 aliphatic carbocycles. The molecule has 0 aliphatic rings. The molecule has 70 valence electrons. The van der Waals surface area contributed by atoms with E-state index in [0.29, 0.717) is 5.69 Å². The molecule has 0 aliphatic heterocycles. The predicted octanol–water partition coefficient (Wildman–Crippen LogP) is 2.30. The van der Waals surface area contributed by atoms with Crippen LogP contribution in [0.4, 0.5) is 11.4 Å². The Labute approximate surface area is 85.4 Å². The van der Waals surface area contributed by atoms with E-state index in [-0.39, 0.29) is 5.91 Å². The van der Waals surface area contributed by atoms with Gasteiger partial charge in [0, 0.05) is 17.1 Å². The lowest BCUT2D eigenvalue weighted by molar-refractivity contribution is -0.114. The number of halogens is 1. The number of nitrogens with two attached hydrogens (primary N) is 1. The Balaban J connectivity index is 3.13. The van der Waals surface area contributed by atoms with Crippen LogP contribution in [0.15, 0.2) is 16.6 Å². The van der Waals surface area contributed by atoms with Gasteiger partial charge in [-0.1, -0.05) is 0 Å². The second kappa shape index (κ2) is 3.79. The molecule has 1 aromatic carbocycles. The van der Waals surface area contributed by atoms with E-state index in [9.17, 15) is 4.79 Å². The molecule has 0 unspecified atom stereocenters. The first-order valence-electron chi connectivity index (χ1n) is 3.84. The van der Waals surface area contributed by atoms with Crippen LogP contribution < -0.4 is 11.1 Å². The molecule has 0 spiro atoms. The van der Waals surface area contributed by atoms with Gasteiger partial charge in [-0.25, -0.2) is 0 Å². The summed E-state index contributed by atoms with van der Waals surface area (Å²) in [5.41, 5.74) is 8.02. The summed E-state index contributed by atoms with van der Waals surface area (Å²) < 4.78 is 0.806. The topological polar surface area (TPSA) is 55.1 Å². The standard InChI is InChI=1S/C9H11BrN2O/c1-5-3-7(11)4-8(10)9(5)12-6(2)13/h3-4H,11H2,1-2H3,(H,12,13). The molecule has 0 saturated heterocycles.